The Bertz CT molecular complexity index is 777. The maximum absolute atomic E-state index is 12.3. The van der Waals surface area contributed by atoms with Crippen LogP contribution in [0.25, 0.3) is 6.08 Å². The van der Waals surface area contributed by atoms with Gasteiger partial charge < -0.3 is 14.8 Å². The van der Waals surface area contributed by atoms with Crippen LogP contribution in [0.2, 0.25) is 0 Å². The lowest BCUT2D eigenvalue weighted by Crippen LogP contribution is -2.27. The van der Waals surface area contributed by atoms with E-state index in [4.69, 9.17) is 9.47 Å². The Morgan fingerprint density at radius 2 is 1.62 bits per heavy atom. The van der Waals surface area contributed by atoms with Gasteiger partial charge in [-0.1, -0.05) is 48.5 Å². The summed E-state index contributed by atoms with van der Waals surface area (Å²) in [7, 11) is 0. The van der Waals surface area contributed by atoms with Crippen molar-refractivity contribution in [1.82, 2.24) is 5.32 Å². The van der Waals surface area contributed by atoms with Gasteiger partial charge >= 0.3 is 5.97 Å². The van der Waals surface area contributed by atoms with Gasteiger partial charge in [0.15, 0.2) is 0 Å². The van der Waals surface area contributed by atoms with E-state index in [2.05, 4.69) is 5.32 Å². The molecule has 2 aromatic rings. The molecule has 0 bridgehead atoms. The fourth-order valence-electron chi connectivity index (χ4n) is 2.43. The first-order chi connectivity index (χ1) is 12.5. The molecular weight excluding hydrogens is 330 g/mol. The summed E-state index contributed by atoms with van der Waals surface area (Å²) >= 11 is 0. The van der Waals surface area contributed by atoms with Crippen molar-refractivity contribution in [3.63, 3.8) is 0 Å². The maximum Gasteiger partial charge on any atom is 0.354 e. The highest BCUT2D eigenvalue weighted by Crippen LogP contribution is 2.22. The first-order valence-electron chi connectivity index (χ1n) is 8.38. The van der Waals surface area contributed by atoms with Crippen LogP contribution in [-0.4, -0.2) is 25.1 Å². The molecule has 0 radical (unpaired) electrons. The Hall–Kier alpha value is -3.08. The van der Waals surface area contributed by atoms with Crippen LogP contribution in [0.4, 0.5) is 0 Å². The zero-order valence-corrected chi connectivity index (χ0v) is 15.2. The number of hydrogen-bond donors (Lipinski definition) is 1. The van der Waals surface area contributed by atoms with Crippen LogP contribution in [0, 0.1) is 13.8 Å². The number of rotatable bonds is 7. The predicted octanol–water partition coefficient (Wildman–Crippen LogP) is 3.40. The van der Waals surface area contributed by atoms with Gasteiger partial charge in [-0.05, 0) is 36.6 Å². The number of carbonyl (C=O) groups is 2. The Kier molecular flexibility index (Phi) is 6.97. The van der Waals surface area contributed by atoms with Gasteiger partial charge in [-0.25, -0.2) is 4.79 Å². The van der Waals surface area contributed by atoms with Crippen molar-refractivity contribution in [2.75, 3.05) is 13.2 Å². The van der Waals surface area contributed by atoms with Crippen molar-refractivity contribution >= 4 is 18.0 Å². The summed E-state index contributed by atoms with van der Waals surface area (Å²) in [4.78, 5) is 23.6. The third kappa shape index (κ3) is 5.77. The average molecular weight is 353 g/mol. The zero-order valence-electron chi connectivity index (χ0n) is 15.2. The summed E-state index contributed by atoms with van der Waals surface area (Å²) in [6.45, 7) is 5.59. The molecule has 0 aliphatic carbocycles. The fourth-order valence-corrected chi connectivity index (χ4v) is 2.43. The lowest BCUT2D eigenvalue weighted by molar-refractivity contribution is -0.141. The summed E-state index contributed by atoms with van der Waals surface area (Å²) in [5, 5.41) is 2.51. The van der Waals surface area contributed by atoms with Crippen molar-refractivity contribution < 1.29 is 19.1 Å². The molecule has 1 amide bonds. The highest BCUT2D eigenvalue weighted by Gasteiger charge is 2.13. The van der Waals surface area contributed by atoms with Gasteiger partial charge in [0, 0.05) is 6.92 Å². The third-order valence-electron chi connectivity index (χ3n) is 3.61. The molecule has 0 aliphatic heterocycles. The van der Waals surface area contributed by atoms with Crippen molar-refractivity contribution in [2.45, 2.75) is 20.8 Å². The van der Waals surface area contributed by atoms with Crippen LogP contribution in [0.5, 0.6) is 5.75 Å². The lowest BCUT2D eigenvalue weighted by Gasteiger charge is -2.13. The van der Waals surface area contributed by atoms with Crippen molar-refractivity contribution in [3.8, 4) is 5.75 Å². The second-order valence-corrected chi connectivity index (χ2v) is 5.86. The minimum Gasteiger partial charge on any atom is -0.489 e. The molecule has 0 unspecified atom stereocenters. The van der Waals surface area contributed by atoms with Gasteiger partial charge in [0.25, 0.3) is 0 Å². The highest BCUT2D eigenvalue weighted by atomic mass is 16.6. The second kappa shape index (κ2) is 9.42. The smallest absolute Gasteiger partial charge is 0.354 e. The number of para-hydroxylation sites is 1. The molecule has 1 N–H and O–H groups in total. The molecule has 0 saturated heterocycles. The van der Waals surface area contributed by atoms with Crippen molar-refractivity contribution in [1.29, 1.82) is 0 Å². The van der Waals surface area contributed by atoms with E-state index in [1.807, 2.05) is 62.4 Å². The number of amides is 1. The number of esters is 1. The summed E-state index contributed by atoms with van der Waals surface area (Å²) in [5.74, 6) is -0.143. The van der Waals surface area contributed by atoms with Gasteiger partial charge in [-0.3, -0.25) is 4.79 Å². The number of hydrogen-bond acceptors (Lipinski definition) is 4. The van der Waals surface area contributed by atoms with Crippen molar-refractivity contribution in [3.05, 3.63) is 70.9 Å². The number of aryl methyl sites for hydroxylation is 2. The number of carbonyl (C=O) groups excluding carboxylic acids is 2. The Balaban J connectivity index is 1.95. The summed E-state index contributed by atoms with van der Waals surface area (Å²) in [6, 6.07) is 15.1. The first kappa shape index (κ1) is 19.2. The molecular formula is C21H23NO4. The van der Waals surface area contributed by atoms with Crippen LogP contribution in [0.15, 0.2) is 54.2 Å². The SMILES string of the molecule is CC(=O)N/C(=C\c1ccccc1)C(=O)OCCOc1c(C)cccc1C. The van der Waals surface area contributed by atoms with Crippen LogP contribution < -0.4 is 10.1 Å². The molecule has 0 fully saturated rings. The maximum atomic E-state index is 12.3. The van der Waals surface area contributed by atoms with Crippen LogP contribution in [0.3, 0.4) is 0 Å². The second-order valence-electron chi connectivity index (χ2n) is 5.86. The number of ether oxygens (including phenoxy) is 2. The van der Waals surface area contributed by atoms with E-state index < -0.39 is 5.97 Å². The molecule has 0 atom stereocenters. The summed E-state index contributed by atoms with van der Waals surface area (Å²) in [5.41, 5.74) is 2.94. The highest BCUT2D eigenvalue weighted by molar-refractivity contribution is 5.97. The first-order valence-corrected chi connectivity index (χ1v) is 8.38. The van der Waals surface area contributed by atoms with Crippen molar-refractivity contribution in [2.24, 2.45) is 0 Å². The third-order valence-corrected chi connectivity index (χ3v) is 3.61. The Morgan fingerprint density at radius 3 is 2.23 bits per heavy atom. The summed E-state index contributed by atoms with van der Waals surface area (Å²) < 4.78 is 10.9. The van der Waals surface area contributed by atoms with Crippen LogP contribution >= 0.6 is 0 Å². The molecule has 5 nitrogen and oxygen atoms in total. The molecule has 5 heteroatoms. The quantitative estimate of drug-likeness (QED) is 0.471. The Labute approximate surface area is 153 Å². The van der Waals surface area contributed by atoms with E-state index in [-0.39, 0.29) is 24.8 Å². The lowest BCUT2D eigenvalue weighted by atomic mass is 10.1. The summed E-state index contributed by atoms with van der Waals surface area (Å²) in [6.07, 6.45) is 1.58. The van der Waals surface area contributed by atoms with E-state index in [9.17, 15) is 9.59 Å². The van der Waals surface area contributed by atoms with E-state index in [1.54, 1.807) is 6.08 Å². The van der Waals surface area contributed by atoms with Gasteiger partial charge in [0.2, 0.25) is 5.91 Å². The monoisotopic (exact) mass is 353 g/mol. The van der Waals surface area contributed by atoms with E-state index >= 15 is 0 Å². The number of nitrogens with one attached hydrogen (secondary N) is 1. The number of benzene rings is 2. The van der Waals surface area contributed by atoms with Gasteiger partial charge in [-0.2, -0.15) is 0 Å². The predicted molar refractivity (Wildman–Crippen MR) is 101 cm³/mol. The van der Waals surface area contributed by atoms with Gasteiger partial charge in [0.1, 0.15) is 24.7 Å². The zero-order chi connectivity index (χ0) is 18.9. The molecule has 2 rings (SSSR count). The van der Waals surface area contributed by atoms with Gasteiger partial charge in [-0.15, -0.1) is 0 Å². The van der Waals surface area contributed by atoms with Crippen LogP contribution in [0.1, 0.15) is 23.6 Å². The minimum atomic E-state index is -0.603. The molecule has 0 aromatic heterocycles. The average Bonchev–Trinajstić information content (AvgIpc) is 2.60. The van der Waals surface area contributed by atoms with E-state index in [1.165, 1.54) is 6.92 Å². The molecule has 0 spiro atoms. The molecule has 0 aliphatic rings. The van der Waals surface area contributed by atoms with Crippen LogP contribution in [-0.2, 0) is 14.3 Å². The molecule has 136 valence electrons. The topological polar surface area (TPSA) is 64.6 Å². The molecule has 26 heavy (non-hydrogen) atoms. The standard InChI is InChI=1S/C21H23NO4/c1-15-8-7-9-16(2)20(15)25-12-13-26-21(24)19(22-17(3)23)14-18-10-5-4-6-11-18/h4-11,14H,12-13H2,1-3H3,(H,22,23)/b19-14-. The van der Waals surface area contributed by atoms with E-state index in [0.29, 0.717) is 0 Å². The van der Waals surface area contributed by atoms with Gasteiger partial charge in [0.05, 0.1) is 0 Å². The fraction of sp³-hybridized carbons (Fsp3) is 0.238. The molecule has 0 saturated carbocycles. The normalized spacial score (nSPS) is 11.0. The molecule has 2 aromatic carbocycles. The largest absolute Gasteiger partial charge is 0.489 e. The Morgan fingerprint density at radius 1 is 0.962 bits per heavy atom. The molecule has 0 heterocycles. The van der Waals surface area contributed by atoms with E-state index in [0.717, 1.165) is 22.4 Å². The minimum absolute atomic E-state index is 0.0817.